The van der Waals surface area contributed by atoms with Gasteiger partial charge in [0.05, 0.1) is 6.04 Å². The lowest BCUT2D eigenvalue weighted by Gasteiger charge is -2.18. The Hall–Kier alpha value is -1.78. The van der Waals surface area contributed by atoms with Crippen LogP contribution >= 0.6 is 0 Å². The van der Waals surface area contributed by atoms with Crippen molar-refractivity contribution in [2.45, 2.75) is 12.5 Å². The summed E-state index contributed by atoms with van der Waals surface area (Å²) in [6.07, 6.45) is -0.0939. The van der Waals surface area contributed by atoms with E-state index in [1.165, 1.54) is 0 Å². The molecule has 0 saturated carbocycles. The summed E-state index contributed by atoms with van der Waals surface area (Å²) in [4.78, 5) is 23.2. The Kier molecular flexibility index (Phi) is 2.94. The number of hydrogen-bond donors (Lipinski definition) is 0. The minimum Gasteiger partial charge on any atom is -0.447 e. The molecule has 0 N–H and O–H groups in total. The molecule has 1 atom stereocenters. The molecule has 0 aromatic heterocycles. The molecule has 1 aromatic carbocycles. The average Bonchev–Trinajstić information content (AvgIpc) is 2.61. The van der Waals surface area contributed by atoms with Gasteiger partial charge in [0.1, 0.15) is 6.61 Å². The number of carbonyl (C=O) groups excluding carboxylic acids is 2. The lowest BCUT2D eigenvalue weighted by atomic mass is 10.0. The highest BCUT2D eigenvalue weighted by Gasteiger charge is 2.35. The Morgan fingerprint density at radius 3 is 2.75 bits per heavy atom. The Morgan fingerprint density at radius 1 is 1.44 bits per heavy atom. The predicted molar refractivity (Wildman–Crippen MR) is 58.3 cm³/mol. The number of nitrogens with zero attached hydrogens (tertiary/aromatic N) is 1. The summed E-state index contributed by atoms with van der Waals surface area (Å²) in [6.45, 7) is 0.205. The van der Waals surface area contributed by atoms with E-state index in [1.807, 2.05) is 30.3 Å². The van der Waals surface area contributed by atoms with Crippen LogP contribution in [0.3, 0.4) is 0 Å². The van der Waals surface area contributed by atoms with Gasteiger partial charge >= 0.3 is 6.09 Å². The lowest BCUT2D eigenvalue weighted by Crippen LogP contribution is -2.39. The molecule has 1 aliphatic rings. The number of hydrogen-bond acceptors (Lipinski definition) is 3. The number of carbonyl (C=O) groups is 2. The highest BCUT2D eigenvalue weighted by atomic mass is 16.6. The minimum atomic E-state index is -0.761. The van der Waals surface area contributed by atoms with Gasteiger partial charge in [-0.1, -0.05) is 30.3 Å². The van der Waals surface area contributed by atoms with Crippen LogP contribution in [-0.4, -0.2) is 37.3 Å². The van der Waals surface area contributed by atoms with Crippen LogP contribution in [0.5, 0.6) is 0 Å². The molecule has 0 spiro atoms. The molecule has 2 amide bonds. The molecule has 2 rings (SSSR count). The van der Waals surface area contributed by atoms with Crippen LogP contribution < -0.4 is 0 Å². The van der Waals surface area contributed by atoms with Crippen LogP contribution in [0.1, 0.15) is 5.56 Å². The quantitative estimate of drug-likeness (QED) is 0.699. The molecular weight excluding hydrogens is 205 g/mol. The molecule has 1 aromatic rings. The second kappa shape index (κ2) is 4.39. The highest BCUT2D eigenvalue weighted by molar-refractivity contribution is 6.58. The molecule has 1 heterocycles. The normalized spacial score (nSPS) is 19.6. The number of ether oxygens (including phenoxy) is 1. The largest absolute Gasteiger partial charge is 0.447 e. The van der Waals surface area contributed by atoms with Crippen LogP contribution in [0.4, 0.5) is 9.59 Å². The van der Waals surface area contributed by atoms with Crippen molar-refractivity contribution in [2.75, 3.05) is 6.61 Å². The first kappa shape index (κ1) is 10.7. The number of imide groups is 1. The molecule has 4 nitrogen and oxygen atoms in total. The zero-order valence-corrected chi connectivity index (χ0v) is 8.63. The molecule has 1 aliphatic heterocycles. The molecule has 80 valence electrons. The second-order valence-electron chi connectivity index (χ2n) is 3.63. The number of benzene rings is 1. The fraction of sp³-hybridized carbons (Fsp3) is 0.273. The topological polar surface area (TPSA) is 46.6 Å². The maximum absolute atomic E-state index is 11.2. The molecule has 0 aliphatic carbocycles. The fourth-order valence-corrected chi connectivity index (χ4v) is 1.77. The minimum absolute atomic E-state index is 0.205. The highest BCUT2D eigenvalue weighted by Crippen LogP contribution is 2.16. The van der Waals surface area contributed by atoms with Gasteiger partial charge in [-0.2, -0.15) is 0 Å². The van der Waals surface area contributed by atoms with E-state index in [0.29, 0.717) is 6.42 Å². The van der Waals surface area contributed by atoms with Crippen molar-refractivity contribution in [3.63, 3.8) is 0 Å². The average molecular weight is 215 g/mol. The van der Waals surface area contributed by atoms with Crippen LogP contribution in [0.15, 0.2) is 30.3 Å². The van der Waals surface area contributed by atoms with Gasteiger partial charge in [0, 0.05) is 0 Å². The van der Waals surface area contributed by atoms with E-state index in [4.69, 9.17) is 12.6 Å². The standard InChI is InChI=1S/C11H10BNO3/c12-10(14)13-9(7-16-11(13)15)6-8-4-2-1-3-5-8/h1-5,9H,6-7H2. The lowest BCUT2D eigenvalue weighted by molar-refractivity contribution is 0.163. The van der Waals surface area contributed by atoms with Crippen LogP contribution in [0.25, 0.3) is 0 Å². The SMILES string of the molecule is [B]C(=O)N1C(=O)OCC1Cc1ccccc1. The van der Waals surface area contributed by atoms with E-state index >= 15 is 0 Å². The number of cyclic esters (lactones) is 1. The predicted octanol–water partition coefficient (Wildman–Crippen LogP) is 1.34. The molecule has 1 saturated heterocycles. The molecule has 0 bridgehead atoms. The Morgan fingerprint density at radius 2 is 2.12 bits per heavy atom. The number of rotatable bonds is 2. The van der Waals surface area contributed by atoms with Crippen molar-refractivity contribution in [3.8, 4) is 0 Å². The van der Waals surface area contributed by atoms with Crippen LogP contribution in [-0.2, 0) is 11.2 Å². The van der Waals surface area contributed by atoms with Crippen molar-refractivity contribution in [2.24, 2.45) is 0 Å². The first-order valence-corrected chi connectivity index (χ1v) is 4.98. The van der Waals surface area contributed by atoms with Gasteiger partial charge in [0.15, 0.2) is 5.81 Å². The summed E-state index contributed by atoms with van der Waals surface area (Å²) in [7, 11) is 5.12. The zero-order valence-electron chi connectivity index (χ0n) is 8.63. The van der Waals surface area contributed by atoms with Crippen molar-refractivity contribution in [3.05, 3.63) is 35.9 Å². The van der Waals surface area contributed by atoms with Gasteiger partial charge in [-0.15, -0.1) is 0 Å². The van der Waals surface area contributed by atoms with Gasteiger partial charge in [-0.3, -0.25) is 9.69 Å². The van der Waals surface area contributed by atoms with Gasteiger partial charge in [-0.05, 0) is 12.0 Å². The van der Waals surface area contributed by atoms with E-state index < -0.39 is 11.9 Å². The van der Waals surface area contributed by atoms with E-state index in [9.17, 15) is 9.59 Å². The summed E-state index contributed by atoms with van der Waals surface area (Å²) < 4.78 is 4.80. The third-order valence-electron chi connectivity index (χ3n) is 2.51. The first-order valence-electron chi connectivity index (χ1n) is 4.98. The number of amides is 2. The van der Waals surface area contributed by atoms with Crippen molar-refractivity contribution < 1.29 is 14.3 Å². The first-order chi connectivity index (χ1) is 7.68. The van der Waals surface area contributed by atoms with E-state index in [2.05, 4.69) is 0 Å². The third kappa shape index (κ3) is 2.08. The molecule has 16 heavy (non-hydrogen) atoms. The van der Waals surface area contributed by atoms with Gasteiger partial charge in [0.2, 0.25) is 7.85 Å². The fourth-order valence-electron chi connectivity index (χ4n) is 1.77. The van der Waals surface area contributed by atoms with E-state index in [-0.39, 0.29) is 12.6 Å². The Labute approximate surface area is 94.6 Å². The molecule has 2 radical (unpaired) electrons. The van der Waals surface area contributed by atoms with Gasteiger partial charge < -0.3 is 4.74 Å². The Bertz CT molecular complexity index is 407. The van der Waals surface area contributed by atoms with Crippen molar-refractivity contribution in [1.82, 2.24) is 4.90 Å². The maximum atomic E-state index is 11.2. The van der Waals surface area contributed by atoms with Gasteiger partial charge in [-0.25, -0.2) is 4.79 Å². The smallest absolute Gasteiger partial charge is 0.416 e. The summed E-state index contributed by atoms with van der Waals surface area (Å²) in [5.74, 6) is -0.761. The summed E-state index contributed by atoms with van der Waals surface area (Å²) >= 11 is 0. The molecule has 1 fully saturated rings. The molecule has 5 heteroatoms. The monoisotopic (exact) mass is 215 g/mol. The summed E-state index contributed by atoms with van der Waals surface area (Å²) in [5.41, 5.74) is 1.04. The second-order valence-corrected chi connectivity index (χ2v) is 3.63. The maximum Gasteiger partial charge on any atom is 0.416 e. The van der Waals surface area contributed by atoms with Crippen molar-refractivity contribution >= 4 is 19.7 Å². The Balaban J connectivity index is 2.10. The van der Waals surface area contributed by atoms with E-state index in [0.717, 1.165) is 10.5 Å². The zero-order chi connectivity index (χ0) is 11.5. The molecule has 1 unspecified atom stereocenters. The molecular formula is C11H10BNO3. The summed E-state index contributed by atoms with van der Waals surface area (Å²) in [5, 5.41) is 0. The van der Waals surface area contributed by atoms with Crippen LogP contribution in [0, 0.1) is 0 Å². The van der Waals surface area contributed by atoms with Crippen molar-refractivity contribution in [1.29, 1.82) is 0 Å². The van der Waals surface area contributed by atoms with Crippen LogP contribution in [0.2, 0.25) is 0 Å². The van der Waals surface area contributed by atoms with E-state index in [1.54, 1.807) is 0 Å². The third-order valence-corrected chi connectivity index (χ3v) is 2.51. The van der Waals surface area contributed by atoms with Gasteiger partial charge in [0.25, 0.3) is 0 Å². The summed E-state index contributed by atoms with van der Waals surface area (Å²) in [6, 6.07) is 9.28.